The van der Waals surface area contributed by atoms with E-state index in [0.717, 1.165) is 53.6 Å². The second kappa shape index (κ2) is 9.28. The summed E-state index contributed by atoms with van der Waals surface area (Å²) in [6.45, 7) is -0.921. The van der Waals surface area contributed by atoms with Gasteiger partial charge in [0.05, 0.1) is 18.3 Å². The molecule has 2 aromatic carbocycles. The minimum absolute atomic E-state index is 0.00114. The lowest BCUT2D eigenvalue weighted by molar-refractivity contribution is -0.207. The van der Waals surface area contributed by atoms with Crippen LogP contribution in [-0.4, -0.2) is 30.3 Å². The predicted octanol–water partition coefficient (Wildman–Crippen LogP) is 4.34. The summed E-state index contributed by atoms with van der Waals surface area (Å²) in [5.41, 5.74) is -5.04. The fraction of sp³-hybridized carbons (Fsp3) is 0.136. The molecule has 0 spiro atoms. The van der Waals surface area contributed by atoms with Gasteiger partial charge in [-0.25, -0.2) is 13.5 Å². The van der Waals surface area contributed by atoms with Crippen molar-refractivity contribution in [1.82, 2.24) is 25.2 Å². The molecule has 4 rings (SSSR count). The summed E-state index contributed by atoms with van der Waals surface area (Å²) in [6.07, 6.45) is 1.91. The Morgan fingerprint density at radius 3 is 2.43 bits per heavy atom. The van der Waals surface area contributed by atoms with E-state index in [9.17, 15) is 13.9 Å². The minimum atomic E-state index is -4.16. The lowest BCUT2D eigenvalue weighted by atomic mass is 9.84. The molecular weight excluding hydrogens is 492 g/mol. The lowest BCUT2D eigenvalue weighted by Gasteiger charge is -2.35. The van der Waals surface area contributed by atoms with Gasteiger partial charge in [0, 0.05) is 16.7 Å². The number of halogens is 5. The van der Waals surface area contributed by atoms with Crippen molar-refractivity contribution in [3.05, 3.63) is 94.5 Å². The number of hydrogen-bond acceptors (Lipinski definition) is 7. The van der Waals surface area contributed by atoms with Crippen LogP contribution in [0.15, 0.2) is 61.1 Å². The van der Waals surface area contributed by atoms with Gasteiger partial charge in [0.2, 0.25) is 0 Å². The third kappa shape index (κ3) is 4.64. The molecule has 0 fully saturated rings. The highest BCUT2D eigenvalue weighted by atomic mass is 35.5. The third-order valence-corrected chi connectivity index (χ3v) is 5.27. The molecule has 0 saturated heterocycles. The maximum Gasteiger partial charge on any atom is 0.323 e. The summed E-state index contributed by atoms with van der Waals surface area (Å²) in [4.78, 5) is 3.68. The molecular formula is C22H13ClF4N6O2. The van der Waals surface area contributed by atoms with Gasteiger partial charge in [0.1, 0.15) is 41.2 Å². The van der Waals surface area contributed by atoms with Gasteiger partial charge in [-0.2, -0.15) is 14.0 Å². The van der Waals surface area contributed by atoms with Crippen molar-refractivity contribution in [2.45, 2.75) is 18.1 Å². The minimum Gasteiger partial charge on any atom is -0.456 e. The van der Waals surface area contributed by atoms with Crippen LogP contribution in [0, 0.1) is 23.0 Å². The van der Waals surface area contributed by atoms with Crippen LogP contribution in [-0.2, 0) is 18.1 Å². The van der Waals surface area contributed by atoms with E-state index >= 15 is 8.78 Å². The van der Waals surface area contributed by atoms with E-state index in [1.54, 1.807) is 6.07 Å². The number of rotatable bonds is 7. The van der Waals surface area contributed by atoms with E-state index < -0.39 is 41.0 Å². The average molecular weight is 505 g/mol. The first-order valence-electron chi connectivity index (χ1n) is 9.74. The second-order valence-electron chi connectivity index (χ2n) is 7.30. The fourth-order valence-corrected chi connectivity index (χ4v) is 3.45. The lowest BCUT2D eigenvalue weighted by Crippen LogP contribution is -2.48. The number of aromatic nitrogens is 5. The highest BCUT2D eigenvalue weighted by Crippen LogP contribution is 2.47. The monoisotopic (exact) mass is 504 g/mol. The summed E-state index contributed by atoms with van der Waals surface area (Å²) in [7, 11) is 0. The molecule has 13 heteroatoms. The van der Waals surface area contributed by atoms with Crippen molar-refractivity contribution >= 4 is 11.6 Å². The molecule has 0 amide bonds. The number of nitriles is 1. The van der Waals surface area contributed by atoms with Gasteiger partial charge in [-0.1, -0.05) is 17.7 Å². The Morgan fingerprint density at radius 1 is 1.06 bits per heavy atom. The van der Waals surface area contributed by atoms with Crippen LogP contribution >= 0.6 is 11.6 Å². The molecule has 178 valence electrons. The SMILES string of the molecule is N#Cc1ccc(Oc2ccc(C(F)(F)C(O)(Cn3cnnn3)c3ccc(Cl)cc3F)nc2)cc1F. The number of nitrogens with zero attached hydrogens (tertiary/aromatic N) is 6. The highest BCUT2D eigenvalue weighted by Gasteiger charge is 2.58. The Balaban J connectivity index is 1.69. The number of alkyl halides is 2. The molecule has 1 N–H and O–H groups in total. The number of ether oxygens (including phenoxy) is 1. The van der Waals surface area contributed by atoms with Gasteiger partial charge in [0.25, 0.3) is 0 Å². The number of pyridine rings is 1. The summed E-state index contributed by atoms with van der Waals surface area (Å²) in [6, 6.07) is 9.99. The van der Waals surface area contributed by atoms with E-state index in [1.165, 1.54) is 12.1 Å². The van der Waals surface area contributed by atoms with Crippen molar-refractivity contribution in [2.75, 3.05) is 0 Å². The summed E-state index contributed by atoms with van der Waals surface area (Å²) in [5, 5.41) is 30.1. The molecule has 0 aliphatic carbocycles. The number of hydrogen-bond donors (Lipinski definition) is 1. The van der Waals surface area contributed by atoms with Crippen molar-refractivity contribution in [3.63, 3.8) is 0 Å². The van der Waals surface area contributed by atoms with Crippen LogP contribution in [0.4, 0.5) is 17.6 Å². The van der Waals surface area contributed by atoms with Gasteiger partial charge < -0.3 is 9.84 Å². The zero-order valence-corrected chi connectivity index (χ0v) is 18.2. The molecule has 0 radical (unpaired) electrons. The molecule has 1 atom stereocenters. The van der Waals surface area contributed by atoms with Crippen LogP contribution in [0.2, 0.25) is 5.02 Å². The number of benzene rings is 2. The van der Waals surface area contributed by atoms with E-state index in [4.69, 9.17) is 21.6 Å². The molecule has 8 nitrogen and oxygen atoms in total. The number of aliphatic hydroxyl groups is 1. The Bertz CT molecular complexity index is 1400. The Kier molecular flexibility index (Phi) is 6.38. The maximum absolute atomic E-state index is 15.7. The standard InChI is InChI=1S/C22H13ClF4N6O2/c23-14-2-5-17(19(25)7-14)21(34,11-33-12-30-31-32-33)22(26,27)20-6-4-16(10-29-20)35-15-3-1-13(9-28)18(24)8-15/h1-8,10,12,34H,11H2. The first kappa shape index (κ1) is 24.1. The first-order valence-corrected chi connectivity index (χ1v) is 10.1. The smallest absolute Gasteiger partial charge is 0.323 e. The van der Waals surface area contributed by atoms with E-state index in [0.29, 0.717) is 0 Å². The van der Waals surface area contributed by atoms with Crippen LogP contribution in [0.25, 0.3) is 0 Å². The molecule has 2 heterocycles. The normalized spacial score (nSPS) is 13.2. The first-order chi connectivity index (χ1) is 16.6. The van der Waals surface area contributed by atoms with E-state index in [1.807, 2.05) is 0 Å². The van der Waals surface area contributed by atoms with Crippen molar-refractivity contribution in [3.8, 4) is 17.6 Å². The van der Waals surface area contributed by atoms with Crippen molar-refractivity contribution < 1.29 is 27.4 Å². The topological polar surface area (TPSA) is 110 Å². The van der Waals surface area contributed by atoms with Crippen LogP contribution < -0.4 is 4.74 Å². The van der Waals surface area contributed by atoms with Gasteiger partial charge in [0.15, 0.2) is 5.60 Å². The molecule has 0 aliphatic heterocycles. The zero-order chi connectivity index (χ0) is 25.2. The van der Waals surface area contributed by atoms with Gasteiger partial charge in [-0.15, -0.1) is 5.10 Å². The molecule has 4 aromatic rings. The quantitative estimate of drug-likeness (QED) is 0.373. The van der Waals surface area contributed by atoms with Gasteiger partial charge in [-0.3, -0.25) is 4.98 Å². The number of tetrazole rings is 1. The van der Waals surface area contributed by atoms with Gasteiger partial charge in [-0.05, 0) is 46.8 Å². The van der Waals surface area contributed by atoms with Crippen LogP contribution in [0.5, 0.6) is 11.5 Å². The summed E-state index contributed by atoms with van der Waals surface area (Å²) in [5.74, 6) is -6.18. The summed E-state index contributed by atoms with van der Waals surface area (Å²) >= 11 is 5.74. The zero-order valence-electron chi connectivity index (χ0n) is 17.4. The molecule has 35 heavy (non-hydrogen) atoms. The van der Waals surface area contributed by atoms with E-state index in [2.05, 4.69) is 20.5 Å². The molecule has 0 aliphatic rings. The molecule has 1 unspecified atom stereocenters. The average Bonchev–Trinajstić information content (AvgIpc) is 3.32. The summed E-state index contributed by atoms with van der Waals surface area (Å²) < 4.78 is 66.2. The van der Waals surface area contributed by atoms with E-state index in [-0.39, 0.29) is 22.1 Å². The molecule has 0 bridgehead atoms. The second-order valence-corrected chi connectivity index (χ2v) is 7.74. The van der Waals surface area contributed by atoms with Crippen molar-refractivity contribution in [1.29, 1.82) is 5.26 Å². The molecule has 2 aromatic heterocycles. The Hall–Kier alpha value is -4.08. The van der Waals surface area contributed by atoms with Crippen molar-refractivity contribution in [2.24, 2.45) is 0 Å². The van der Waals surface area contributed by atoms with Crippen LogP contribution in [0.1, 0.15) is 16.8 Å². The maximum atomic E-state index is 15.7. The third-order valence-electron chi connectivity index (χ3n) is 5.03. The fourth-order valence-electron chi connectivity index (χ4n) is 3.29. The predicted molar refractivity (Wildman–Crippen MR) is 112 cm³/mol. The largest absolute Gasteiger partial charge is 0.456 e. The van der Waals surface area contributed by atoms with Gasteiger partial charge >= 0.3 is 5.92 Å². The Morgan fingerprint density at radius 2 is 1.83 bits per heavy atom. The highest BCUT2D eigenvalue weighted by molar-refractivity contribution is 6.30. The molecule has 0 saturated carbocycles. The van der Waals surface area contributed by atoms with Crippen LogP contribution in [0.3, 0.4) is 0 Å². The Labute approximate surface area is 200 Å².